The summed E-state index contributed by atoms with van der Waals surface area (Å²) in [4.78, 5) is 11.1. The van der Waals surface area contributed by atoms with Gasteiger partial charge in [0.05, 0.1) is 0 Å². The lowest BCUT2D eigenvalue weighted by Gasteiger charge is -2.09. The highest BCUT2D eigenvalue weighted by Crippen LogP contribution is 2.03. The molecular formula is C8H17NO2. The monoisotopic (exact) mass is 159 g/mol. The van der Waals surface area contributed by atoms with Gasteiger partial charge in [-0.3, -0.25) is 4.79 Å². The number of hydrogen-bond donors (Lipinski definition) is 2. The molecule has 0 aliphatic rings. The molecule has 3 heteroatoms. The third-order valence-electron chi connectivity index (χ3n) is 1.59. The van der Waals surface area contributed by atoms with E-state index in [4.69, 9.17) is 5.11 Å². The highest BCUT2D eigenvalue weighted by molar-refractivity contribution is 5.78. The fraction of sp³-hybridized carbons (Fsp3) is 0.875. The van der Waals surface area contributed by atoms with Gasteiger partial charge in [0.15, 0.2) is 0 Å². The molecule has 11 heavy (non-hydrogen) atoms. The van der Waals surface area contributed by atoms with Gasteiger partial charge in [-0.2, -0.15) is 0 Å². The Morgan fingerprint density at radius 3 is 2.73 bits per heavy atom. The Morgan fingerprint density at radius 2 is 2.27 bits per heavy atom. The quantitative estimate of drug-likeness (QED) is 0.614. The molecule has 1 unspecified atom stereocenters. The maximum atomic E-state index is 11.1. The van der Waals surface area contributed by atoms with E-state index in [-0.39, 0.29) is 18.4 Å². The van der Waals surface area contributed by atoms with E-state index in [0.29, 0.717) is 13.0 Å². The predicted molar refractivity (Wildman–Crippen MR) is 44.2 cm³/mol. The Bertz CT molecular complexity index is 115. The summed E-state index contributed by atoms with van der Waals surface area (Å²) in [7, 11) is 0. The number of rotatable bonds is 5. The van der Waals surface area contributed by atoms with Crippen LogP contribution in [0, 0.1) is 5.92 Å². The van der Waals surface area contributed by atoms with Gasteiger partial charge >= 0.3 is 0 Å². The van der Waals surface area contributed by atoms with Gasteiger partial charge in [-0.1, -0.05) is 6.92 Å². The van der Waals surface area contributed by atoms with E-state index in [1.54, 1.807) is 0 Å². The largest absolute Gasteiger partial charge is 0.396 e. The summed E-state index contributed by atoms with van der Waals surface area (Å²) in [5, 5.41) is 11.2. The van der Waals surface area contributed by atoms with E-state index in [1.807, 2.05) is 13.8 Å². The molecule has 0 aromatic heterocycles. The predicted octanol–water partition coefficient (Wildman–Crippen LogP) is 0.531. The average Bonchev–Trinajstić information content (AvgIpc) is 2.00. The van der Waals surface area contributed by atoms with Crippen LogP contribution in [0.4, 0.5) is 0 Å². The lowest BCUT2D eigenvalue weighted by Crippen LogP contribution is -2.28. The van der Waals surface area contributed by atoms with Gasteiger partial charge in [-0.25, -0.2) is 0 Å². The second-order valence-electron chi connectivity index (χ2n) is 2.66. The molecule has 0 bridgehead atoms. The lowest BCUT2D eigenvalue weighted by atomic mass is 10.1. The fourth-order valence-electron chi connectivity index (χ4n) is 0.877. The van der Waals surface area contributed by atoms with Gasteiger partial charge in [0.25, 0.3) is 0 Å². The molecule has 0 aliphatic heterocycles. The smallest absolute Gasteiger partial charge is 0.222 e. The van der Waals surface area contributed by atoms with Gasteiger partial charge in [0.1, 0.15) is 0 Å². The number of aliphatic hydroxyl groups is 1. The number of aliphatic hydroxyl groups excluding tert-OH is 1. The Kier molecular flexibility index (Phi) is 5.84. The second-order valence-corrected chi connectivity index (χ2v) is 2.66. The van der Waals surface area contributed by atoms with Crippen LogP contribution in [-0.2, 0) is 4.79 Å². The molecule has 2 N–H and O–H groups in total. The summed E-state index contributed by atoms with van der Waals surface area (Å²) in [6.07, 6.45) is 1.47. The van der Waals surface area contributed by atoms with E-state index in [1.165, 1.54) is 0 Å². The Labute approximate surface area is 67.8 Å². The molecule has 0 aromatic rings. The van der Waals surface area contributed by atoms with Crippen LogP contribution in [0.15, 0.2) is 0 Å². The van der Waals surface area contributed by atoms with Crippen LogP contribution in [0.25, 0.3) is 0 Å². The third kappa shape index (κ3) is 4.79. The third-order valence-corrected chi connectivity index (χ3v) is 1.59. The van der Waals surface area contributed by atoms with Gasteiger partial charge in [0, 0.05) is 19.1 Å². The average molecular weight is 159 g/mol. The van der Waals surface area contributed by atoms with Crippen molar-refractivity contribution in [1.29, 1.82) is 0 Å². The van der Waals surface area contributed by atoms with Crippen molar-refractivity contribution in [3.8, 4) is 0 Å². The first-order valence-electron chi connectivity index (χ1n) is 4.11. The molecule has 1 amide bonds. The van der Waals surface area contributed by atoms with Gasteiger partial charge in [-0.15, -0.1) is 0 Å². The zero-order chi connectivity index (χ0) is 8.69. The van der Waals surface area contributed by atoms with Crippen molar-refractivity contribution in [1.82, 2.24) is 5.32 Å². The highest BCUT2D eigenvalue weighted by atomic mass is 16.2. The first-order valence-corrected chi connectivity index (χ1v) is 4.11. The zero-order valence-electron chi connectivity index (χ0n) is 7.26. The molecule has 0 aliphatic carbocycles. The minimum absolute atomic E-state index is 0.0297. The number of carbonyl (C=O) groups is 1. The summed E-state index contributed by atoms with van der Waals surface area (Å²) in [5.74, 6) is 0.114. The minimum atomic E-state index is 0.0297. The summed E-state index contributed by atoms with van der Waals surface area (Å²) >= 11 is 0. The van der Waals surface area contributed by atoms with Crippen LogP contribution in [-0.4, -0.2) is 24.2 Å². The maximum absolute atomic E-state index is 11.1. The molecule has 0 aromatic carbocycles. The van der Waals surface area contributed by atoms with E-state index in [0.717, 1.165) is 6.42 Å². The molecule has 0 saturated heterocycles. The topological polar surface area (TPSA) is 49.3 Å². The van der Waals surface area contributed by atoms with E-state index in [2.05, 4.69) is 5.32 Å². The van der Waals surface area contributed by atoms with Crippen molar-refractivity contribution in [2.75, 3.05) is 13.2 Å². The molecular weight excluding hydrogens is 142 g/mol. The molecule has 0 heterocycles. The molecule has 3 nitrogen and oxygen atoms in total. The zero-order valence-corrected chi connectivity index (χ0v) is 7.26. The number of carbonyl (C=O) groups excluding carboxylic acids is 1. The molecule has 0 rings (SSSR count). The molecule has 0 radical (unpaired) electrons. The lowest BCUT2D eigenvalue weighted by molar-refractivity contribution is -0.124. The van der Waals surface area contributed by atoms with Crippen LogP contribution in [0.3, 0.4) is 0 Å². The molecule has 66 valence electrons. The Balaban J connectivity index is 3.46. The Hall–Kier alpha value is -0.570. The van der Waals surface area contributed by atoms with Gasteiger partial charge in [0.2, 0.25) is 5.91 Å². The van der Waals surface area contributed by atoms with Crippen molar-refractivity contribution in [2.24, 2.45) is 5.92 Å². The van der Waals surface area contributed by atoms with E-state index in [9.17, 15) is 4.79 Å². The van der Waals surface area contributed by atoms with Crippen molar-refractivity contribution < 1.29 is 9.90 Å². The second kappa shape index (κ2) is 6.16. The number of nitrogens with one attached hydrogen (secondary N) is 1. The summed E-state index contributed by atoms with van der Waals surface area (Å²) in [6.45, 7) is 4.63. The molecule has 0 spiro atoms. The van der Waals surface area contributed by atoms with Crippen LogP contribution < -0.4 is 5.32 Å². The molecule has 0 fully saturated rings. The van der Waals surface area contributed by atoms with Gasteiger partial charge < -0.3 is 10.4 Å². The minimum Gasteiger partial charge on any atom is -0.396 e. The number of hydrogen-bond acceptors (Lipinski definition) is 2. The van der Waals surface area contributed by atoms with Crippen molar-refractivity contribution >= 4 is 5.91 Å². The molecule has 1 atom stereocenters. The summed E-state index contributed by atoms with van der Waals surface area (Å²) in [6, 6.07) is 0. The van der Waals surface area contributed by atoms with Crippen LogP contribution in [0.5, 0.6) is 0 Å². The normalized spacial score (nSPS) is 12.6. The highest BCUT2D eigenvalue weighted by Gasteiger charge is 2.09. The van der Waals surface area contributed by atoms with Gasteiger partial charge in [-0.05, 0) is 19.8 Å². The maximum Gasteiger partial charge on any atom is 0.222 e. The van der Waals surface area contributed by atoms with Crippen LogP contribution in [0.1, 0.15) is 26.7 Å². The van der Waals surface area contributed by atoms with Crippen LogP contribution in [0.2, 0.25) is 0 Å². The summed E-state index contributed by atoms with van der Waals surface area (Å²) < 4.78 is 0. The van der Waals surface area contributed by atoms with Crippen molar-refractivity contribution in [3.05, 3.63) is 0 Å². The summed E-state index contributed by atoms with van der Waals surface area (Å²) in [5.41, 5.74) is 0. The van der Waals surface area contributed by atoms with E-state index < -0.39 is 0 Å². The van der Waals surface area contributed by atoms with Crippen molar-refractivity contribution in [2.45, 2.75) is 26.7 Å². The first-order chi connectivity index (χ1) is 5.22. The Morgan fingerprint density at radius 1 is 1.64 bits per heavy atom. The first kappa shape index (κ1) is 10.4. The van der Waals surface area contributed by atoms with E-state index >= 15 is 0 Å². The van der Waals surface area contributed by atoms with Crippen molar-refractivity contribution in [3.63, 3.8) is 0 Å². The standard InChI is InChI=1S/C8H17NO2/c1-3-9-8(11)7(2)5-4-6-10/h7,10H,3-6H2,1-2H3,(H,9,11). The fourth-order valence-corrected chi connectivity index (χ4v) is 0.877. The van der Waals surface area contributed by atoms with Crippen LogP contribution >= 0.6 is 0 Å². The molecule has 0 saturated carbocycles. The number of amides is 1. The SMILES string of the molecule is CCNC(=O)C(C)CCCO.